The van der Waals surface area contributed by atoms with E-state index in [2.05, 4.69) is 27.7 Å². The van der Waals surface area contributed by atoms with Crippen molar-refractivity contribution in [2.24, 2.45) is 0 Å². The summed E-state index contributed by atoms with van der Waals surface area (Å²) in [5.41, 5.74) is 1.17. The second-order valence-corrected chi connectivity index (χ2v) is 6.94. The molecule has 0 bridgehead atoms. The van der Waals surface area contributed by atoms with E-state index >= 15 is 0 Å². The maximum Gasteiger partial charge on any atom is 0.143 e. The van der Waals surface area contributed by atoms with Crippen LogP contribution >= 0.6 is 11.6 Å². The molecule has 1 aromatic rings. The van der Waals surface area contributed by atoms with Gasteiger partial charge in [0.05, 0.1) is 12.8 Å². The first-order valence-corrected chi connectivity index (χ1v) is 9.14. The van der Waals surface area contributed by atoms with E-state index in [9.17, 15) is 0 Å². The second kappa shape index (κ2) is 7.73. The molecule has 0 atom stereocenters. The van der Waals surface area contributed by atoms with Crippen molar-refractivity contribution >= 4 is 17.3 Å². The van der Waals surface area contributed by atoms with E-state index in [4.69, 9.17) is 16.3 Å². The molecule has 1 aromatic carbocycles. The number of benzene rings is 1. The summed E-state index contributed by atoms with van der Waals surface area (Å²) >= 11 is 6.07. The Morgan fingerprint density at radius 3 is 2.39 bits per heavy atom. The molecule has 128 valence electrons. The first kappa shape index (κ1) is 16.9. The van der Waals surface area contributed by atoms with E-state index in [1.165, 1.54) is 51.3 Å². The molecule has 2 aliphatic heterocycles. The number of likely N-dealkylation sites (N-methyl/N-ethyl adjacent to an activating group) is 1. The van der Waals surface area contributed by atoms with E-state index in [0.717, 1.165) is 29.9 Å². The summed E-state index contributed by atoms with van der Waals surface area (Å²) in [5, 5.41) is 0.731. The zero-order valence-electron chi connectivity index (χ0n) is 14.3. The number of piperidine rings is 1. The van der Waals surface area contributed by atoms with Crippen LogP contribution in [0.3, 0.4) is 0 Å². The summed E-state index contributed by atoms with van der Waals surface area (Å²) in [5.74, 6) is 0.882. The zero-order chi connectivity index (χ0) is 16.2. The Morgan fingerprint density at radius 2 is 1.78 bits per heavy atom. The lowest BCUT2D eigenvalue weighted by molar-refractivity contribution is 0.0878. The Bertz CT molecular complexity index is 509. The molecule has 4 nitrogen and oxygen atoms in total. The monoisotopic (exact) mass is 337 g/mol. The van der Waals surface area contributed by atoms with E-state index in [1.807, 2.05) is 12.1 Å². The fraction of sp³-hybridized carbons (Fsp3) is 0.667. The normalized spacial score (nSPS) is 21.6. The quantitative estimate of drug-likeness (QED) is 0.840. The Kier molecular flexibility index (Phi) is 5.67. The van der Waals surface area contributed by atoms with Crippen molar-refractivity contribution in [2.45, 2.75) is 25.8 Å². The van der Waals surface area contributed by atoms with Gasteiger partial charge in [-0.1, -0.05) is 18.5 Å². The third-order valence-corrected chi connectivity index (χ3v) is 5.55. The van der Waals surface area contributed by atoms with Crippen LogP contribution in [-0.2, 0) is 0 Å². The number of methoxy groups -OCH3 is 1. The van der Waals surface area contributed by atoms with Gasteiger partial charge in [0.25, 0.3) is 0 Å². The molecular weight excluding hydrogens is 310 g/mol. The van der Waals surface area contributed by atoms with Crippen molar-refractivity contribution in [1.82, 2.24) is 9.80 Å². The molecule has 0 aliphatic carbocycles. The third kappa shape index (κ3) is 3.93. The van der Waals surface area contributed by atoms with Gasteiger partial charge in [0.15, 0.2) is 0 Å². The van der Waals surface area contributed by atoms with Crippen LogP contribution in [0, 0.1) is 0 Å². The Labute approximate surface area is 144 Å². The van der Waals surface area contributed by atoms with Gasteiger partial charge in [0.2, 0.25) is 0 Å². The van der Waals surface area contributed by atoms with Crippen LogP contribution < -0.4 is 9.64 Å². The van der Waals surface area contributed by atoms with Crippen LogP contribution in [0.25, 0.3) is 0 Å². The average Bonchev–Trinajstić information content (AvgIpc) is 2.62. The highest BCUT2D eigenvalue weighted by molar-refractivity contribution is 6.30. The van der Waals surface area contributed by atoms with E-state index in [-0.39, 0.29) is 0 Å². The molecule has 3 rings (SSSR count). The van der Waals surface area contributed by atoms with Gasteiger partial charge >= 0.3 is 0 Å². The van der Waals surface area contributed by atoms with Crippen LogP contribution in [0.2, 0.25) is 5.02 Å². The molecule has 5 heteroatoms. The Morgan fingerprint density at radius 1 is 1.09 bits per heavy atom. The molecule has 0 amide bonds. The number of halogens is 1. The summed E-state index contributed by atoms with van der Waals surface area (Å²) < 4.78 is 5.50. The Hall–Kier alpha value is -0.970. The lowest BCUT2D eigenvalue weighted by Crippen LogP contribution is -2.53. The van der Waals surface area contributed by atoms with Gasteiger partial charge in [-0.05, 0) is 31.5 Å². The van der Waals surface area contributed by atoms with Gasteiger partial charge in [0.1, 0.15) is 5.75 Å². The summed E-state index contributed by atoms with van der Waals surface area (Å²) in [6.45, 7) is 10.5. The lowest BCUT2D eigenvalue weighted by atomic mass is 10.0. The number of hydrogen-bond acceptors (Lipinski definition) is 4. The van der Waals surface area contributed by atoms with Crippen molar-refractivity contribution in [3.63, 3.8) is 0 Å². The number of anilines is 1. The molecule has 0 saturated carbocycles. The average molecular weight is 338 g/mol. The van der Waals surface area contributed by atoms with Crippen LogP contribution in [-0.4, -0.2) is 68.8 Å². The molecule has 0 spiro atoms. The maximum absolute atomic E-state index is 6.07. The third-order valence-electron chi connectivity index (χ3n) is 5.32. The van der Waals surface area contributed by atoms with Crippen LogP contribution in [0.5, 0.6) is 5.75 Å². The molecule has 2 aliphatic rings. The van der Waals surface area contributed by atoms with Crippen molar-refractivity contribution in [3.05, 3.63) is 23.2 Å². The highest BCUT2D eigenvalue weighted by Gasteiger charge is 2.28. The lowest BCUT2D eigenvalue weighted by Gasteiger charge is -2.43. The van der Waals surface area contributed by atoms with Gasteiger partial charge < -0.3 is 14.5 Å². The van der Waals surface area contributed by atoms with Crippen molar-refractivity contribution in [1.29, 1.82) is 0 Å². The van der Waals surface area contributed by atoms with Crippen molar-refractivity contribution in [3.8, 4) is 5.75 Å². The first-order valence-electron chi connectivity index (χ1n) is 8.76. The summed E-state index contributed by atoms with van der Waals surface area (Å²) in [6.07, 6.45) is 2.47. The number of nitrogens with zero attached hydrogens (tertiary/aromatic N) is 3. The summed E-state index contributed by atoms with van der Waals surface area (Å²) in [6, 6.07) is 6.69. The minimum absolute atomic E-state index is 0.731. The van der Waals surface area contributed by atoms with Gasteiger partial charge in [-0.3, -0.25) is 4.90 Å². The van der Waals surface area contributed by atoms with Gasteiger partial charge in [-0.2, -0.15) is 0 Å². The molecule has 2 fully saturated rings. The minimum Gasteiger partial charge on any atom is -0.495 e. The highest BCUT2D eigenvalue weighted by atomic mass is 35.5. The molecule has 0 radical (unpaired) electrons. The van der Waals surface area contributed by atoms with Crippen molar-refractivity contribution < 1.29 is 4.74 Å². The van der Waals surface area contributed by atoms with Gasteiger partial charge in [-0.15, -0.1) is 0 Å². The predicted octanol–water partition coefficient (Wildman–Crippen LogP) is 2.95. The number of rotatable bonds is 4. The molecule has 2 saturated heterocycles. The van der Waals surface area contributed by atoms with Crippen LogP contribution in [0.15, 0.2) is 18.2 Å². The molecule has 23 heavy (non-hydrogen) atoms. The maximum atomic E-state index is 6.07. The number of piperazine rings is 1. The van der Waals surface area contributed by atoms with E-state index in [1.54, 1.807) is 7.11 Å². The first-order chi connectivity index (χ1) is 11.2. The minimum atomic E-state index is 0.731. The summed E-state index contributed by atoms with van der Waals surface area (Å²) in [4.78, 5) is 7.68. The second-order valence-electron chi connectivity index (χ2n) is 6.50. The van der Waals surface area contributed by atoms with Gasteiger partial charge in [-0.25, -0.2) is 0 Å². The topological polar surface area (TPSA) is 19.0 Å². The zero-order valence-corrected chi connectivity index (χ0v) is 15.1. The van der Waals surface area contributed by atoms with Gasteiger partial charge in [0, 0.05) is 56.4 Å². The SMILES string of the molecule is CCN1CCN(C2CCN(c3ccc(Cl)cc3OC)CC2)CC1. The fourth-order valence-corrected chi connectivity index (χ4v) is 3.99. The standard InChI is InChI=1S/C18H28ClN3O/c1-3-20-10-12-21(13-11-20)16-6-8-22(9-7-16)17-5-4-15(19)14-18(17)23-2/h4-5,14,16H,3,6-13H2,1-2H3. The summed E-state index contributed by atoms with van der Waals surface area (Å²) in [7, 11) is 1.72. The molecule has 0 N–H and O–H groups in total. The van der Waals surface area contributed by atoms with E-state index < -0.39 is 0 Å². The molecule has 0 unspecified atom stereocenters. The van der Waals surface area contributed by atoms with E-state index in [0.29, 0.717) is 0 Å². The number of ether oxygens (including phenoxy) is 1. The largest absolute Gasteiger partial charge is 0.495 e. The van der Waals surface area contributed by atoms with Crippen LogP contribution in [0.1, 0.15) is 19.8 Å². The smallest absolute Gasteiger partial charge is 0.143 e. The highest BCUT2D eigenvalue weighted by Crippen LogP contribution is 2.33. The Balaban J connectivity index is 1.56. The predicted molar refractivity (Wildman–Crippen MR) is 96.9 cm³/mol. The van der Waals surface area contributed by atoms with Crippen molar-refractivity contribution in [2.75, 3.05) is 57.8 Å². The molecule has 2 heterocycles. The fourth-order valence-electron chi connectivity index (χ4n) is 3.83. The molecular formula is C18H28ClN3O. The van der Waals surface area contributed by atoms with Crippen LogP contribution in [0.4, 0.5) is 5.69 Å². The number of hydrogen-bond donors (Lipinski definition) is 0. The molecule has 0 aromatic heterocycles.